The van der Waals surface area contributed by atoms with Gasteiger partial charge in [0.25, 0.3) is 0 Å². The summed E-state index contributed by atoms with van der Waals surface area (Å²) in [4.78, 5) is 0. The number of rotatable bonds is 2. The highest BCUT2D eigenvalue weighted by molar-refractivity contribution is 6.30. The predicted molar refractivity (Wildman–Crippen MR) is 81.9 cm³/mol. The molecule has 0 unspecified atom stereocenters. The minimum Gasteiger partial charge on any atom is -0.508 e. The molecule has 0 fully saturated rings. The fraction of sp³-hybridized carbons (Fsp3) is 0. The Kier molecular flexibility index (Phi) is 3.39. The second-order valence-corrected chi connectivity index (χ2v) is 4.98. The normalized spacial score (nSPS) is 10.3. The third-order valence-corrected chi connectivity index (χ3v) is 3.32. The Hall–Kier alpha value is -2.70. The van der Waals surface area contributed by atoms with Crippen LogP contribution in [0.15, 0.2) is 54.6 Å². The molecule has 0 aliphatic heterocycles. The molecule has 3 nitrogen and oxygen atoms in total. The number of aromatic hydroxyl groups is 1. The molecule has 1 N–H and O–H groups in total. The van der Waals surface area contributed by atoms with Crippen LogP contribution in [0.25, 0.3) is 10.8 Å². The number of hydrogen-bond acceptors (Lipinski definition) is 3. The molecule has 3 rings (SSSR count). The van der Waals surface area contributed by atoms with Crippen molar-refractivity contribution in [1.82, 2.24) is 0 Å². The van der Waals surface area contributed by atoms with Crippen LogP contribution in [0.5, 0.6) is 17.2 Å². The summed E-state index contributed by atoms with van der Waals surface area (Å²) in [6, 6.07) is 17.5. The van der Waals surface area contributed by atoms with Crippen molar-refractivity contribution in [2.75, 3.05) is 0 Å². The lowest BCUT2D eigenvalue weighted by Crippen LogP contribution is -1.88. The quantitative estimate of drug-likeness (QED) is 0.734. The van der Waals surface area contributed by atoms with Gasteiger partial charge in [-0.3, -0.25) is 0 Å². The monoisotopic (exact) mass is 295 g/mol. The molecule has 0 radical (unpaired) electrons. The van der Waals surface area contributed by atoms with Crippen molar-refractivity contribution in [2.24, 2.45) is 0 Å². The number of ether oxygens (including phenoxy) is 1. The molecular weight excluding hydrogens is 286 g/mol. The number of phenolic OH excluding ortho intramolecular Hbond substituents is 1. The summed E-state index contributed by atoms with van der Waals surface area (Å²) >= 11 is 5.93. The van der Waals surface area contributed by atoms with Crippen molar-refractivity contribution in [2.45, 2.75) is 0 Å². The van der Waals surface area contributed by atoms with E-state index in [1.807, 2.05) is 12.1 Å². The van der Waals surface area contributed by atoms with E-state index in [0.29, 0.717) is 22.1 Å². The second kappa shape index (κ2) is 5.35. The molecule has 0 aromatic heterocycles. The van der Waals surface area contributed by atoms with Gasteiger partial charge in [0.1, 0.15) is 23.3 Å². The van der Waals surface area contributed by atoms with Gasteiger partial charge in [-0.1, -0.05) is 23.7 Å². The minimum absolute atomic E-state index is 0.195. The van der Waals surface area contributed by atoms with Crippen LogP contribution in [0.1, 0.15) is 5.56 Å². The summed E-state index contributed by atoms with van der Waals surface area (Å²) in [5.41, 5.74) is 0.412. The van der Waals surface area contributed by atoms with Crippen molar-refractivity contribution in [3.8, 4) is 23.3 Å². The van der Waals surface area contributed by atoms with Crippen LogP contribution in [0.3, 0.4) is 0 Å². The third-order valence-electron chi connectivity index (χ3n) is 3.09. The van der Waals surface area contributed by atoms with E-state index in [2.05, 4.69) is 6.07 Å². The zero-order valence-corrected chi connectivity index (χ0v) is 11.6. The second-order valence-electron chi connectivity index (χ2n) is 4.55. The molecule has 0 saturated carbocycles. The molecule has 0 saturated heterocycles. The zero-order valence-electron chi connectivity index (χ0n) is 10.9. The largest absolute Gasteiger partial charge is 0.508 e. The van der Waals surface area contributed by atoms with Crippen LogP contribution in [-0.2, 0) is 0 Å². The van der Waals surface area contributed by atoms with Gasteiger partial charge in [0.15, 0.2) is 0 Å². The van der Waals surface area contributed by atoms with Gasteiger partial charge in [-0.15, -0.1) is 0 Å². The van der Waals surface area contributed by atoms with Gasteiger partial charge >= 0.3 is 0 Å². The van der Waals surface area contributed by atoms with Crippen molar-refractivity contribution < 1.29 is 9.84 Å². The van der Waals surface area contributed by atoms with Crippen LogP contribution < -0.4 is 4.74 Å². The van der Waals surface area contributed by atoms with Gasteiger partial charge < -0.3 is 9.84 Å². The Labute approximate surface area is 126 Å². The summed E-state index contributed by atoms with van der Waals surface area (Å²) in [6.07, 6.45) is 0. The predicted octanol–water partition coefficient (Wildman–Crippen LogP) is 4.86. The first-order valence-corrected chi connectivity index (χ1v) is 6.64. The molecule has 0 heterocycles. The van der Waals surface area contributed by atoms with E-state index in [4.69, 9.17) is 21.6 Å². The Balaban J connectivity index is 2.02. The number of fused-ring (bicyclic) bond motifs is 1. The Morgan fingerprint density at radius 3 is 2.57 bits per heavy atom. The van der Waals surface area contributed by atoms with Crippen molar-refractivity contribution in [3.63, 3.8) is 0 Å². The van der Waals surface area contributed by atoms with E-state index in [9.17, 15) is 5.11 Å². The molecule has 0 bridgehead atoms. The smallest absolute Gasteiger partial charge is 0.146 e. The van der Waals surface area contributed by atoms with E-state index in [-0.39, 0.29) is 5.75 Å². The first kappa shape index (κ1) is 13.3. The van der Waals surface area contributed by atoms with Gasteiger partial charge in [0, 0.05) is 11.1 Å². The Bertz CT molecular complexity index is 868. The van der Waals surface area contributed by atoms with E-state index in [1.165, 1.54) is 0 Å². The average Bonchev–Trinajstić information content (AvgIpc) is 2.47. The van der Waals surface area contributed by atoms with Crippen LogP contribution in [0, 0.1) is 11.3 Å². The van der Waals surface area contributed by atoms with E-state index in [1.54, 1.807) is 42.5 Å². The van der Waals surface area contributed by atoms with E-state index < -0.39 is 0 Å². The number of hydrogen-bond donors (Lipinski definition) is 1. The highest BCUT2D eigenvalue weighted by atomic mass is 35.5. The SMILES string of the molecule is N#Cc1ccc(Cl)cc1Oc1ccc2ccc(O)cc2c1. The average molecular weight is 296 g/mol. The highest BCUT2D eigenvalue weighted by Gasteiger charge is 2.06. The van der Waals surface area contributed by atoms with Crippen LogP contribution in [0.4, 0.5) is 0 Å². The van der Waals surface area contributed by atoms with Gasteiger partial charge in [-0.05, 0) is 47.2 Å². The molecule has 21 heavy (non-hydrogen) atoms. The first-order valence-electron chi connectivity index (χ1n) is 6.26. The van der Waals surface area contributed by atoms with Gasteiger partial charge in [0.2, 0.25) is 0 Å². The van der Waals surface area contributed by atoms with Gasteiger partial charge in [-0.2, -0.15) is 5.26 Å². The van der Waals surface area contributed by atoms with Crippen LogP contribution in [-0.4, -0.2) is 5.11 Å². The van der Waals surface area contributed by atoms with Crippen molar-refractivity contribution >= 4 is 22.4 Å². The Morgan fingerprint density at radius 1 is 0.952 bits per heavy atom. The van der Waals surface area contributed by atoms with Crippen molar-refractivity contribution in [3.05, 3.63) is 65.2 Å². The molecule has 102 valence electrons. The van der Waals surface area contributed by atoms with Crippen LogP contribution >= 0.6 is 11.6 Å². The van der Waals surface area contributed by atoms with Crippen LogP contribution in [0.2, 0.25) is 5.02 Å². The highest BCUT2D eigenvalue weighted by Crippen LogP contribution is 2.30. The molecule has 3 aromatic rings. The molecule has 0 spiro atoms. The molecule has 0 aliphatic carbocycles. The van der Waals surface area contributed by atoms with Gasteiger partial charge in [0.05, 0.1) is 5.56 Å². The number of nitrogens with zero attached hydrogens (tertiary/aromatic N) is 1. The first-order chi connectivity index (χ1) is 10.2. The fourth-order valence-electron chi connectivity index (χ4n) is 2.08. The lowest BCUT2D eigenvalue weighted by molar-refractivity contribution is 0.476. The topological polar surface area (TPSA) is 53.2 Å². The van der Waals surface area contributed by atoms with E-state index >= 15 is 0 Å². The minimum atomic E-state index is 0.195. The number of benzene rings is 3. The maximum Gasteiger partial charge on any atom is 0.146 e. The maximum atomic E-state index is 9.53. The summed E-state index contributed by atoms with van der Waals surface area (Å²) in [7, 11) is 0. The third kappa shape index (κ3) is 2.76. The molecule has 4 heteroatoms. The molecule has 0 atom stereocenters. The molecule has 0 aliphatic rings. The number of halogens is 1. The lowest BCUT2D eigenvalue weighted by atomic mass is 10.1. The zero-order chi connectivity index (χ0) is 14.8. The fourth-order valence-corrected chi connectivity index (χ4v) is 2.24. The summed E-state index contributed by atoms with van der Waals surface area (Å²) in [5, 5.41) is 21.0. The van der Waals surface area contributed by atoms with Gasteiger partial charge in [-0.25, -0.2) is 0 Å². The Morgan fingerprint density at radius 2 is 1.76 bits per heavy atom. The van der Waals surface area contributed by atoms with Crippen molar-refractivity contribution in [1.29, 1.82) is 5.26 Å². The molecule has 0 amide bonds. The summed E-state index contributed by atoms with van der Waals surface area (Å²) < 4.78 is 5.74. The lowest BCUT2D eigenvalue weighted by Gasteiger charge is -2.09. The summed E-state index contributed by atoms with van der Waals surface area (Å²) in [5.74, 6) is 1.18. The number of nitriles is 1. The molecule has 3 aromatic carbocycles. The van der Waals surface area contributed by atoms with E-state index in [0.717, 1.165) is 10.8 Å². The number of phenols is 1. The maximum absolute atomic E-state index is 9.53. The molecular formula is C17H10ClNO2. The summed E-state index contributed by atoms with van der Waals surface area (Å²) in [6.45, 7) is 0. The standard InChI is InChI=1S/C17H10ClNO2/c18-14-4-1-12(10-19)17(9-14)21-16-6-3-11-2-5-15(20)7-13(11)8-16/h1-9,20H.